The van der Waals surface area contributed by atoms with Gasteiger partial charge in [-0.15, -0.1) is 0 Å². The molecule has 26 heavy (non-hydrogen) atoms. The van der Waals surface area contributed by atoms with E-state index in [0.717, 1.165) is 16.9 Å². The number of aromatic nitrogens is 2. The first kappa shape index (κ1) is 19.3. The smallest absolute Gasteiger partial charge is 0.433 e. The van der Waals surface area contributed by atoms with E-state index in [1.807, 2.05) is 0 Å². The molecule has 0 aliphatic carbocycles. The van der Waals surface area contributed by atoms with Gasteiger partial charge < -0.3 is 15.3 Å². The zero-order chi connectivity index (χ0) is 19.5. The molecule has 0 aliphatic rings. The van der Waals surface area contributed by atoms with Gasteiger partial charge in [0.15, 0.2) is 0 Å². The molecule has 1 aromatic heterocycles. The number of carbonyl (C=O) groups excluding carboxylic acids is 1. The van der Waals surface area contributed by atoms with Crippen LogP contribution in [0.2, 0.25) is 0 Å². The highest BCUT2D eigenvalue weighted by atomic mass is 19.4. The number of anilines is 1. The molecule has 0 spiro atoms. The summed E-state index contributed by atoms with van der Waals surface area (Å²) in [5.41, 5.74) is -0.362. The van der Waals surface area contributed by atoms with E-state index in [1.54, 1.807) is 0 Å². The van der Waals surface area contributed by atoms with Gasteiger partial charge in [0.25, 0.3) is 0 Å². The van der Waals surface area contributed by atoms with E-state index in [9.17, 15) is 22.8 Å². The molecule has 0 fully saturated rings. The Labute approximate surface area is 147 Å². The van der Waals surface area contributed by atoms with E-state index in [4.69, 9.17) is 5.11 Å². The van der Waals surface area contributed by atoms with E-state index in [-0.39, 0.29) is 12.2 Å². The Hall–Kier alpha value is -3.04. The Bertz CT molecular complexity index is 787. The highest BCUT2D eigenvalue weighted by molar-refractivity contribution is 5.89. The zero-order valence-corrected chi connectivity index (χ0v) is 14.0. The number of hydrogen-bond acceptors (Lipinski definition) is 3. The highest BCUT2D eigenvalue weighted by Crippen LogP contribution is 2.30. The minimum absolute atomic E-state index is 0.0154. The van der Waals surface area contributed by atoms with E-state index >= 15 is 0 Å². The first-order valence-corrected chi connectivity index (χ1v) is 7.56. The van der Waals surface area contributed by atoms with Crippen LogP contribution in [0.5, 0.6) is 0 Å². The fourth-order valence-corrected chi connectivity index (χ4v) is 2.20. The van der Waals surface area contributed by atoms with E-state index in [0.29, 0.717) is 5.69 Å². The molecule has 2 aromatic rings. The Morgan fingerprint density at radius 1 is 1.27 bits per heavy atom. The molecule has 2 rings (SSSR count). The Morgan fingerprint density at radius 2 is 1.88 bits per heavy atom. The summed E-state index contributed by atoms with van der Waals surface area (Å²) in [5, 5.41) is 15.1. The lowest BCUT2D eigenvalue weighted by molar-refractivity contribution is -0.143. The number of benzene rings is 1. The van der Waals surface area contributed by atoms with Crippen molar-refractivity contribution in [1.29, 1.82) is 0 Å². The van der Waals surface area contributed by atoms with Crippen LogP contribution in [0.3, 0.4) is 0 Å². The second-order valence-corrected chi connectivity index (χ2v) is 5.72. The maximum absolute atomic E-state index is 12.9. The molecule has 140 valence electrons. The SMILES string of the molecule is CC(CN(C)C(=O)Nc1ccc(-n2nccc2C(F)(F)F)cc1)C(=O)O. The quantitative estimate of drug-likeness (QED) is 0.847. The van der Waals surface area contributed by atoms with Crippen LogP contribution in [0.1, 0.15) is 12.6 Å². The summed E-state index contributed by atoms with van der Waals surface area (Å²) in [6, 6.07) is 5.98. The van der Waals surface area contributed by atoms with Gasteiger partial charge in [0.2, 0.25) is 0 Å². The average Bonchev–Trinajstić information content (AvgIpc) is 3.05. The summed E-state index contributed by atoms with van der Waals surface area (Å²) in [6.07, 6.45) is -3.48. The number of nitrogens with zero attached hydrogens (tertiary/aromatic N) is 3. The number of nitrogens with one attached hydrogen (secondary N) is 1. The lowest BCUT2D eigenvalue weighted by Gasteiger charge is -2.20. The predicted molar refractivity (Wildman–Crippen MR) is 87.0 cm³/mol. The van der Waals surface area contributed by atoms with Crippen LogP contribution in [0, 0.1) is 5.92 Å². The Balaban J connectivity index is 2.07. The molecule has 0 saturated heterocycles. The van der Waals surface area contributed by atoms with Crippen LogP contribution >= 0.6 is 0 Å². The third-order valence-corrected chi connectivity index (χ3v) is 3.61. The minimum atomic E-state index is -4.53. The summed E-state index contributed by atoms with van der Waals surface area (Å²) in [7, 11) is 1.45. The number of urea groups is 1. The number of carboxylic acid groups (broad SMARTS) is 1. The number of carbonyl (C=O) groups is 2. The molecule has 0 aliphatic heterocycles. The Morgan fingerprint density at radius 3 is 2.42 bits per heavy atom. The summed E-state index contributed by atoms with van der Waals surface area (Å²) in [6.45, 7) is 1.49. The second kappa shape index (κ2) is 7.46. The van der Waals surface area contributed by atoms with Crippen molar-refractivity contribution < 1.29 is 27.9 Å². The number of aliphatic carboxylic acids is 1. The molecular weight excluding hydrogens is 353 g/mol. The zero-order valence-electron chi connectivity index (χ0n) is 14.0. The highest BCUT2D eigenvalue weighted by Gasteiger charge is 2.35. The van der Waals surface area contributed by atoms with Crippen LogP contribution in [-0.4, -0.2) is 45.4 Å². The van der Waals surface area contributed by atoms with Crippen molar-refractivity contribution in [3.63, 3.8) is 0 Å². The topological polar surface area (TPSA) is 87.5 Å². The number of halogens is 3. The lowest BCUT2D eigenvalue weighted by Crippen LogP contribution is -2.36. The van der Waals surface area contributed by atoms with Crippen LogP contribution in [-0.2, 0) is 11.0 Å². The number of rotatable bonds is 5. The average molecular weight is 370 g/mol. The van der Waals surface area contributed by atoms with Crippen LogP contribution in [0.15, 0.2) is 36.5 Å². The van der Waals surface area contributed by atoms with Gasteiger partial charge in [0.05, 0.1) is 17.8 Å². The van der Waals surface area contributed by atoms with E-state index in [1.165, 1.54) is 43.1 Å². The molecular formula is C16H17F3N4O3. The number of amides is 2. The van der Waals surface area contributed by atoms with Crippen LogP contribution in [0.25, 0.3) is 5.69 Å². The van der Waals surface area contributed by atoms with Gasteiger partial charge >= 0.3 is 18.2 Å². The second-order valence-electron chi connectivity index (χ2n) is 5.72. The summed E-state index contributed by atoms with van der Waals surface area (Å²) in [5.74, 6) is -1.75. The maximum Gasteiger partial charge on any atom is 0.433 e. The molecule has 1 unspecified atom stereocenters. The van der Waals surface area contributed by atoms with Gasteiger partial charge in [-0.3, -0.25) is 4.79 Å². The van der Waals surface area contributed by atoms with Gasteiger partial charge in [0.1, 0.15) is 5.69 Å². The molecule has 1 aromatic carbocycles. The monoisotopic (exact) mass is 370 g/mol. The standard InChI is InChI=1S/C16H17F3N4O3/c1-10(14(24)25)9-22(2)15(26)21-11-3-5-12(6-4-11)23-13(7-8-20-23)16(17,18)19/h3-8,10H,9H2,1-2H3,(H,21,26)(H,24,25). The van der Waals surface area contributed by atoms with Crippen LogP contribution in [0.4, 0.5) is 23.7 Å². The van der Waals surface area contributed by atoms with Gasteiger partial charge in [0, 0.05) is 19.3 Å². The third-order valence-electron chi connectivity index (χ3n) is 3.61. The molecule has 7 nitrogen and oxygen atoms in total. The van der Waals surface area contributed by atoms with Crippen molar-refractivity contribution in [2.45, 2.75) is 13.1 Å². The van der Waals surface area contributed by atoms with Crippen molar-refractivity contribution in [2.75, 3.05) is 18.9 Å². The van der Waals surface area contributed by atoms with Gasteiger partial charge in [-0.1, -0.05) is 6.92 Å². The van der Waals surface area contributed by atoms with Crippen molar-refractivity contribution in [3.05, 3.63) is 42.2 Å². The molecule has 1 heterocycles. The first-order chi connectivity index (χ1) is 12.1. The summed E-state index contributed by atoms with van der Waals surface area (Å²) < 4.78 is 39.5. The van der Waals surface area contributed by atoms with Crippen molar-refractivity contribution in [3.8, 4) is 5.69 Å². The normalized spacial score (nSPS) is 12.5. The molecule has 0 bridgehead atoms. The number of carboxylic acids is 1. The Kier molecular flexibility index (Phi) is 5.53. The van der Waals surface area contributed by atoms with Crippen LogP contribution < -0.4 is 5.32 Å². The fraction of sp³-hybridized carbons (Fsp3) is 0.312. The molecule has 10 heteroatoms. The molecule has 1 atom stereocenters. The predicted octanol–water partition coefficient (Wildman–Crippen LogP) is 3.08. The fourth-order valence-electron chi connectivity index (χ4n) is 2.20. The van der Waals surface area contributed by atoms with Crippen molar-refractivity contribution in [2.24, 2.45) is 5.92 Å². The van der Waals surface area contributed by atoms with Crippen molar-refractivity contribution >= 4 is 17.7 Å². The number of alkyl halides is 3. The molecule has 0 radical (unpaired) electrons. The summed E-state index contributed by atoms with van der Waals surface area (Å²) in [4.78, 5) is 24.1. The van der Waals surface area contributed by atoms with Crippen molar-refractivity contribution in [1.82, 2.24) is 14.7 Å². The lowest BCUT2D eigenvalue weighted by atomic mass is 10.2. The van der Waals surface area contributed by atoms with E-state index in [2.05, 4.69) is 10.4 Å². The molecule has 2 amide bonds. The first-order valence-electron chi connectivity index (χ1n) is 7.56. The number of hydrogen-bond donors (Lipinski definition) is 2. The summed E-state index contributed by atoms with van der Waals surface area (Å²) >= 11 is 0. The van der Waals surface area contributed by atoms with Gasteiger partial charge in [-0.05, 0) is 30.3 Å². The maximum atomic E-state index is 12.9. The molecule has 0 saturated carbocycles. The molecule has 2 N–H and O–H groups in total. The van der Waals surface area contributed by atoms with E-state index < -0.39 is 29.8 Å². The largest absolute Gasteiger partial charge is 0.481 e. The van der Waals surface area contributed by atoms with Gasteiger partial charge in [-0.25, -0.2) is 9.48 Å². The third kappa shape index (κ3) is 4.52. The van der Waals surface area contributed by atoms with Gasteiger partial charge in [-0.2, -0.15) is 18.3 Å². The minimum Gasteiger partial charge on any atom is -0.481 e.